The first-order chi connectivity index (χ1) is 4.74. The summed E-state index contributed by atoms with van der Waals surface area (Å²) < 4.78 is 1.89. The van der Waals surface area contributed by atoms with Gasteiger partial charge in [-0.25, -0.2) is 0 Å². The Kier molecular flexibility index (Phi) is 1.77. The summed E-state index contributed by atoms with van der Waals surface area (Å²) in [5, 5.41) is 8.35. The van der Waals surface area contributed by atoms with Gasteiger partial charge in [-0.1, -0.05) is 0 Å². The largest absolute Gasteiger partial charge is 0.340 e. The van der Waals surface area contributed by atoms with E-state index >= 15 is 0 Å². The van der Waals surface area contributed by atoms with Crippen molar-refractivity contribution >= 4 is 0 Å². The van der Waals surface area contributed by atoms with Crippen LogP contribution in [0.4, 0.5) is 0 Å². The molecule has 0 atom stereocenters. The van der Waals surface area contributed by atoms with Crippen LogP contribution in [0.25, 0.3) is 0 Å². The van der Waals surface area contributed by atoms with Crippen LogP contribution in [0.3, 0.4) is 0 Å². The molecule has 2 heteroatoms. The number of nitrogens with zero attached hydrogens (tertiary/aromatic N) is 2. The highest BCUT2D eigenvalue weighted by Gasteiger charge is 1.95. The highest BCUT2D eigenvalue weighted by atomic mass is 14.9. The van der Waals surface area contributed by atoms with Crippen molar-refractivity contribution in [3.63, 3.8) is 0 Å². The van der Waals surface area contributed by atoms with E-state index in [0.717, 1.165) is 0 Å². The SMILES string of the molecule is Cc1cn(CC#N)cc1C. The van der Waals surface area contributed by atoms with E-state index in [1.807, 2.05) is 30.8 Å². The highest BCUT2D eigenvalue weighted by Crippen LogP contribution is 2.06. The second-order valence-electron chi connectivity index (χ2n) is 2.45. The first-order valence-electron chi connectivity index (χ1n) is 3.24. The summed E-state index contributed by atoms with van der Waals surface area (Å²) in [7, 11) is 0. The summed E-state index contributed by atoms with van der Waals surface area (Å²) in [5.74, 6) is 0. The van der Waals surface area contributed by atoms with Crippen molar-refractivity contribution in [2.24, 2.45) is 0 Å². The number of rotatable bonds is 1. The lowest BCUT2D eigenvalue weighted by Gasteiger charge is -1.88. The predicted octanol–water partition coefficient (Wildman–Crippen LogP) is 1.63. The van der Waals surface area contributed by atoms with E-state index in [1.54, 1.807) is 0 Å². The Morgan fingerprint density at radius 2 is 1.90 bits per heavy atom. The molecule has 0 bridgehead atoms. The second kappa shape index (κ2) is 2.57. The van der Waals surface area contributed by atoms with E-state index < -0.39 is 0 Å². The fourth-order valence-corrected chi connectivity index (χ4v) is 0.911. The van der Waals surface area contributed by atoms with Crippen LogP contribution >= 0.6 is 0 Å². The molecule has 52 valence electrons. The quantitative estimate of drug-likeness (QED) is 0.573. The maximum atomic E-state index is 8.35. The molecular weight excluding hydrogens is 124 g/mol. The maximum Gasteiger partial charge on any atom is 0.109 e. The first kappa shape index (κ1) is 6.88. The number of aromatic nitrogens is 1. The minimum Gasteiger partial charge on any atom is -0.340 e. The van der Waals surface area contributed by atoms with E-state index in [0.29, 0.717) is 6.54 Å². The lowest BCUT2D eigenvalue weighted by molar-refractivity contribution is 0.837. The van der Waals surface area contributed by atoms with Crippen molar-refractivity contribution in [1.82, 2.24) is 4.57 Å². The molecule has 0 spiro atoms. The van der Waals surface area contributed by atoms with Crippen molar-refractivity contribution in [2.75, 3.05) is 0 Å². The monoisotopic (exact) mass is 134 g/mol. The third-order valence-electron chi connectivity index (χ3n) is 1.59. The Labute approximate surface area is 60.7 Å². The summed E-state index contributed by atoms with van der Waals surface area (Å²) in [6, 6.07) is 2.09. The third kappa shape index (κ3) is 1.19. The molecule has 1 aromatic rings. The predicted molar refractivity (Wildman–Crippen MR) is 39.5 cm³/mol. The van der Waals surface area contributed by atoms with Gasteiger partial charge in [0, 0.05) is 12.4 Å². The molecule has 0 amide bonds. The van der Waals surface area contributed by atoms with Crippen LogP contribution in [0.1, 0.15) is 11.1 Å². The summed E-state index contributed by atoms with van der Waals surface area (Å²) in [5.41, 5.74) is 2.49. The molecule has 10 heavy (non-hydrogen) atoms. The van der Waals surface area contributed by atoms with Crippen molar-refractivity contribution < 1.29 is 0 Å². The first-order valence-corrected chi connectivity index (χ1v) is 3.24. The molecule has 0 aliphatic heterocycles. The van der Waals surface area contributed by atoms with E-state index in [4.69, 9.17) is 5.26 Å². The molecule has 1 rings (SSSR count). The minimum atomic E-state index is 0.453. The fraction of sp³-hybridized carbons (Fsp3) is 0.375. The van der Waals surface area contributed by atoms with Gasteiger partial charge in [-0.05, 0) is 25.0 Å². The Morgan fingerprint density at radius 3 is 2.30 bits per heavy atom. The normalized spacial score (nSPS) is 9.30. The Morgan fingerprint density at radius 1 is 1.40 bits per heavy atom. The average molecular weight is 134 g/mol. The lowest BCUT2D eigenvalue weighted by Crippen LogP contribution is -1.88. The molecule has 0 aliphatic carbocycles. The zero-order valence-corrected chi connectivity index (χ0v) is 6.26. The minimum absolute atomic E-state index is 0.453. The van der Waals surface area contributed by atoms with Crippen LogP contribution in [0, 0.1) is 25.2 Å². The van der Waals surface area contributed by atoms with E-state index in [1.165, 1.54) is 11.1 Å². The Balaban J connectivity index is 2.90. The van der Waals surface area contributed by atoms with Gasteiger partial charge < -0.3 is 4.57 Å². The molecule has 0 fully saturated rings. The topological polar surface area (TPSA) is 28.7 Å². The van der Waals surface area contributed by atoms with Gasteiger partial charge in [0.1, 0.15) is 6.54 Å². The van der Waals surface area contributed by atoms with E-state index in [2.05, 4.69) is 6.07 Å². The summed E-state index contributed by atoms with van der Waals surface area (Å²) in [6.07, 6.45) is 3.97. The van der Waals surface area contributed by atoms with Gasteiger partial charge in [-0.3, -0.25) is 0 Å². The van der Waals surface area contributed by atoms with Gasteiger partial charge in [0.2, 0.25) is 0 Å². The van der Waals surface area contributed by atoms with Gasteiger partial charge in [0.15, 0.2) is 0 Å². The summed E-state index contributed by atoms with van der Waals surface area (Å²) in [4.78, 5) is 0. The number of nitriles is 1. The summed E-state index contributed by atoms with van der Waals surface area (Å²) in [6.45, 7) is 4.54. The average Bonchev–Trinajstić information content (AvgIpc) is 2.14. The molecule has 1 aromatic heterocycles. The lowest BCUT2D eigenvalue weighted by atomic mass is 10.2. The Bertz CT molecular complexity index is 246. The molecule has 0 radical (unpaired) electrons. The highest BCUT2D eigenvalue weighted by molar-refractivity contribution is 5.20. The Hall–Kier alpha value is -1.23. The van der Waals surface area contributed by atoms with Crippen LogP contribution in [-0.2, 0) is 6.54 Å². The van der Waals surface area contributed by atoms with Crippen LogP contribution in [0.2, 0.25) is 0 Å². The molecule has 0 N–H and O–H groups in total. The van der Waals surface area contributed by atoms with Gasteiger partial charge in [0.05, 0.1) is 6.07 Å². The third-order valence-corrected chi connectivity index (χ3v) is 1.59. The zero-order valence-electron chi connectivity index (χ0n) is 6.26. The molecule has 0 saturated heterocycles. The maximum absolute atomic E-state index is 8.35. The number of aryl methyl sites for hydroxylation is 2. The van der Waals surface area contributed by atoms with Gasteiger partial charge >= 0.3 is 0 Å². The summed E-state index contributed by atoms with van der Waals surface area (Å²) >= 11 is 0. The fourth-order valence-electron chi connectivity index (χ4n) is 0.911. The zero-order chi connectivity index (χ0) is 7.56. The smallest absolute Gasteiger partial charge is 0.109 e. The molecular formula is C8H10N2. The van der Waals surface area contributed by atoms with Crippen LogP contribution in [0.15, 0.2) is 12.4 Å². The van der Waals surface area contributed by atoms with E-state index in [9.17, 15) is 0 Å². The van der Waals surface area contributed by atoms with Gasteiger partial charge in [0.25, 0.3) is 0 Å². The molecule has 0 unspecified atom stereocenters. The van der Waals surface area contributed by atoms with Crippen LogP contribution in [0.5, 0.6) is 0 Å². The van der Waals surface area contributed by atoms with Crippen molar-refractivity contribution in [1.29, 1.82) is 5.26 Å². The van der Waals surface area contributed by atoms with E-state index in [-0.39, 0.29) is 0 Å². The number of hydrogen-bond acceptors (Lipinski definition) is 1. The van der Waals surface area contributed by atoms with Crippen molar-refractivity contribution in [3.05, 3.63) is 23.5 Å². The van der Waals surface area contributed by atoms with Crippen molar-refractivity contribution in [3.8, 4) is 6.07 Å². The molecule has 0 saturated carbocycles. The molecule has 0 aromatic carbocycles. The number of hydrogen-bond donors (Lipinski definition) is 0. The van der Waals surface area contributed by atoms with Crippen LogP contribution < -0.4 is 0 Å². The van der Waals surface area contributed by atoms with Gasteiger partial charge in [-0.2, -0.15) is 5.26 Å². The molecule has 0 aliphatic rings. The van der Waals surface area contributed by atoms with Crippen molar-refractivity contribution in [2.45, 2.75) is 20.4 Å². The molecule has 1 heterocycles. The molecule has 2 nitrogen and oxygen atoms in total. The second-order valence-corrected chi connectivity index (χ2v) is 2.45. The van der Waals surface area contributed by atoms with Crippen LogP contribution in [-0.4, -0.2) is 4.57 Å². The van der Waals surface area contributed by atoms with Gasteiger partial charge in [-0.15, -0.1) is 0 Å². The standard InChI is InChI=1S/C8H10N2/c1-7-5-10(4-3-9)6-8(7)2/h5-6H,4H2,1-2H3.